The van der Waals surface area contributed by atoms with Crippen LogP contribution in [0.1, 0.15) is 51.2 Å². The Hall–Kier alpha value is -0.980. The molecule has 0 saturated carbocycles. The van der Waals surface area contributed by atoms with E-state index < -0.39 is 0 Å². The SMILES string of the molecule is CC/C(=C(\C)c1cc(C)oc1C)C(C)C. The van der Waals surface area contributed by atoms with Crippen molar-refractivity contribution in [2.45, 2.75) is 48.0 Å². The lowest BCUT2D eigenvalue weighted by molar-refractivity contribution is 0.504. The molecule has 1 nitrogen and oxygen atoms in total. The second-order valence-electron chi connectivity index (χ2n) is 4.49. The van der Waals surface area contributed by atoms with Crippen LogP contribution >= 0.6 is 0 Å². The highest BCUT2D eigenvalue weighted by Gasteiger charge is 2.12. The van der Waals surface area contributed by atoms with Gasteiger partial charge in [0.1, 0.15) is 11.5 Å². The zero-order valence-corrected chi connectivity index (χ0v) is 10.8. The molecule has 0 aliphatic carbocycles. The van der Waals surface area contributed by atoms with Gasteiger partial charge >= 0.3 is 0 Å². The summed E-state index contributed by atoms with van der Waals surface area (Å²) in [6.07, 6.45) is 1.12. The van der Waals surface area contributed by atoms with Crippen LogP contribution in [0.4, 0.5) is 0 Å². The molecule has 0 saturated heterocycles. The van der Waals surface area contributed by atoms with Crippen molar-refractivity contribution in [2.24, 2.45) is 5.92 Å². The zero-order valence-electron chi connectivity index (χ0n) is 10.8. The molecule has 0 fully saturated rings. The van der Waals surface area contributed by atoms with Crippen molar-refractivity contribution in [1.82, 2.24) is 0 Å². The van der Waals surface area contributed by atoms with Gasteiger partial charge in [0.15, 0.2) is 0 Å². The summed E-state index contributed by atoms with van der Waals surface area (Å²) in [6.45, 7) is 13.0. The monoisotopic (exact) mass is 206 g/mol. The van der Waals surface area contributed by atoms with E-state index in [1.165, 1.54) is 16.7 Å². The van der Waals surface area contributed by atoms with Gasteiger partial charge in [-0.05, 0) is 44.7 Å². The topological polar surface area (TPSA) is 13.1 Å². The van der Waals surface area contributed by atoms with E-state index in [9.17, 15) is 0 Å². The predicted octanol–water partition coefficient (Wildman–Crippen LogP) is 4.74. The van der Waals surface area contributed by atoms with E-state index in [0.717, 1.165) is 17.9 Å². The van der Waals surface area contributed by atoms with E-state index in [4.69, 9.17) is 4.42 Å². The van der Waals surface area contributed by atoms with Crippen molar-refractivity contribution in [3.8, 4) is 0 Å². The predicted molar refractivity (Wildman–Crippen MR) is 65.9 cm³/mol. The maximum absolute atomic E-state index is 5.58. The molecular weight excluding hydrogens is 184 g/mol. The van der Waals surface area contributed by atoms with E-state index in [1.54, 1.807) is 0 Å². The van der Waals surface area contributed by atoms with Crippen LogP contribution in [0.15, 0.2) is 16.1 Å². The molecule has 0 radical (unpaired) electrons. The van der Waals surface area contributed by atoms with Crippen LogP contribution in [0.5, 0.6) is 0 Å². The highest BCUT2D eigenvalue weighted by molar-refractivity contribution is 5.68. The minimum atomic E-state index is 0.615. The van der Waals surface area contributed by atoms with Crippen LogP contribution < -0.4 is 0 Å². The van der Waals surface area contributed by atoms with Crippen LogP contribution in [0, 0.1) is 19.8 Å². The Bertz CT molecular complexity index is 367. The molecule has 0 N–H and O–H groups in total. The van der Waals surface area contributed by atoms with Gasteiger partial charge in [-0.3, -0.25) is 0 Å². The maximum Gasteiger partial charge on any atom is 0.108 e. The first kappa shape index (κ1) is 12.1. The lowest BCUT2D eigenvalue weighted by atomic mass is 9.92. The lowest BCUT2D eigenvalue weighted by Crippen LogP contribution is -1.96. The first-order valence-corrected chi connectivity index (χ1v) is 5.74. The quantitative estimate of drug-likeness (QED) is 0.696. The third-order valence-electron chi connectivity index (χ3n) is 3.00. The summed E-state index contributed by atoms with van der Waals surface area (Å²) in [5.41, 5.74) is 4.19. The van der Waals surface area contributed by atoms with Crippen molar-refractivity contribution in [3.05, 3.63) is 28.7 Å². The Kier molecular flexibility index (Phi) is 3.78. The number of rotatable bonds is 3. The van der Waals surface area contributed by atoms with E-state index in [2.05, 4.69) is 33.8 Å². The van der Waals surface area contributed by atoms with Crippen molar-refractivity contribution in [3.63, 3.8) is 0 Å². The molecule has 1 aromatic heterocycles. The van der Waals surface area contributed by atoms with Crippen molar-refractivity contribution in [1.29, 1.82) is 0 Å². The standard InChI is InChI=1S/C14H22O/c1-7-13(9(2)3)11(5)14-8-10(4)15-12(14)6/h8-9H,7H2,1-6H3/b13-11-. The highest BCUT2D eigenvalue weighted by Crippen LogP contribution is 2.29. The Morgan fingerprint density at radius 1 is 1.33 bits per heavy atom. The molecule has 1 rings (SSSR count). The summed E-state index contributed by atoms with van der Waals surface area (Å²) >= 11 is 0. The molecule has 0 bridgehead atoms. The molecule has 0 amide bonds. The Morgan fingerprint density at radius 3 is 2.27 bits per heavy atom. The van der Waals surface area contributed by atoms with Gasteiger partial charge in [-0.1, -0.05) is 26.3 Å². The fourth-order valence-electron chi connectivity index (χ4n) is 2.28. The van der Waals surface area contributed by atoms with Crippen LogP contribution in [0.2, 0.25) is 0 Å². The van der Waals surface area contributed by atoms with Gasteiger partial charge in [-0.2, -0.15) is 0 Å². The summed E-state index contributed by atoms with van der Waals surface area (Å²) in [5, 5.41) is 0. The molecule has 1 heterocycles. The van der Waals surface area contributed by atoms with Gasteiger partial charge < -0.3 is 4.42 Å². The van der Waals surface area contributed by atoms with E-state index in [1.807, 2.05) is 13.8 Å². The minimum Gasteiger partial charge on any atom is -0.466 e. The molecule has 0 atom stereocenters. The van der Waals surface area contributed by atoms with Crippen LogP contribution in [0.3, 0.4) is 0 Å². The molecular formula is C14H22O. The van der Waals surface area contributed by atoms with Gasteiger partial charge in [0, 0.05) is 5.56 Å². The number of furan rings is 1. The van der Waals surface area contributed by atoms with E-state index in [0.29, 0.717) is 5.92 Å². The molecule has 0 spiro atoms. The maximum atomic E-state index is 5.58. The van der Waals surface area contributed by atoms with Gasteiger partial charge in [0.2, 0.25) is 0 Å². The molecule has 1 aromatic rings. The normalized spacial score (nSPS) is 13.3. The Morgan fingerprint density at radius 2 is 1.93 bits per heavy atom. The fraction of sp³-hybridized carbons (Fsp3) is 0.571. The second kappa shape index (κ2) is 4.69. The molecule has 0 aliphatic rings. The van der Waals surface area contributed by atoms with Gasteiger partial charge in [-0.25, -0.2) is 0 Å². The third-order valence-corrected chi connectivity index (χ3v) is 3.00. The minimum absolute atomic E-state index is 0.615. The largest absolute Gasteiger partial charge is 0.466 e. The summed E-state index contributed by atoms with van der Waals surface area (Å²) in [7, 11) is 0. The van der Waals surface area contributed by atoms with Gasteiger partial charge in [-0.15, -0.1) is 0 Å². The highest BCUT2D eigenvalue weighted by atomic mass is 16.3. The third kappa shape index (κ3) is 2.53. The lowest BCUT2D eigenvalue weighted by Gasteiger charge is -2.13. The second-order valence-corrected chi connectivity index (χ2v) is 4.49. The van der Waals surface area contributed by atoms with Crippen molar-refractivity contribution in [2.75, 3.05) is 0 Å². The van der Waals surface area contributed by atoms with E-state index >= 15 is 0 Å². The molecule has 0 aromatic carbocycles. The number of aryl methyl sites for hydroxylation is 2. The number of allylic oxidation sites excluding steroid dienone is 2. The average Bonchev–Trinajstić information content (AvgIpc) is 2.45. The van der Waals surface area contributed by atoms with Crippen LogP contribution in [-0.2, 0) is 0 Å². The first-order chi connectivity index (χ1) is 6.97. The molecule has 84 valence electrons. The van der Waals surface area contributed by atoms with Crippen molar-refractivity contribution < 1.29 is 4.42 Å². The van der Waals surface area contributed by atoms with Crippen LogP contribution in [0.25, 0.3) is 5.57 Å². The summed E-state index contributed by atoms with van der Waals surface area (Å²) in [5.74, 6) is 2.65. The number of hydrogen-bond acceptors (Lipinski definition) is 1. The summed E-state index contributed by atoms with van der Waals surface area (Å²) < 4.78 is 5.58. The van der Waals surface area contributed by atoms with Crippen LogP contribution in [-0.4, -0.2) is 0 Å². The van der Waals surface area contributed by atoms with Crippen molar-refractivity contribution >= 4 is 5.57 Å². The first-order valence-electron chi connectivity index (χ1n) is 5.74. The van der Waals surface area contributed by atoms with E-state index in [-0.39, 0.29) is 0 Å². The van der Waals surface area contributed by atoms with Gasteiger partial charge in [0.25, 0.3) is 0 Å². The fourth-order valence-corrected chi connectivity index (χ4v) is 2.28. The molecule has 0 aliphatic heterocycles. The summed E-state index contributed by atoms with van der Waals surface area (Å²) in [6, 6.07) is 2.14. The zero-order chi connectivity index (χ0) is 11.6. The Labute approximate surface area is 93.2 Å². The molecule has 1 heteroatoms. The molecule has 0 unspecified atom stereocenters. The van der Waals surface area contributed by atoms with Gasteiger partial charge in [0.05, 0.1) is 0 Å². The average molecular weight is 206 g/mol. The summed E-state index contributed by atoms with van der Waals surface area (Å²) in [4.78, 5) is 0. The number of hydrogen-bond donors (Lipinski definition) is 0. The smallest absolute Gasteiger partial charge is 0.108 e. The molecule has 15 heavy (non-hydrogen) atoms. The Balaban J connectivity index is 3.21.